The second-order valence-electron chi connectivity index (χ2n) is 2.60. The van der Waals surface area contributed by atoms with Gasteiger partial charge in [-0.25, -0.2) is 9.59 Å². The van der Waals surface area contributed by atoms with Crippen molar-refractivity contribution in [3.63, 3.8) is 0 Å². The van der Waals surface area contributed by atoms with Crippen molar-refractivity contribution in [1.29, 1.82) is 0 Å². The molecule has 12 heavy (non-hydrogen) atoms. The molecular formula is C7H10O5. The molecule has 1 saturated heterocycles. The number of rotatable bonds is 1. The first-order valence-corrected chi connectivity index (χ1v) is 3.56. The first kappa shape index (κ1) is 8.83. The molecule has 0 bridgehead atoms. The van der Waals surface area contributed by atoms with Gasteiger partial charge in [-0.2, -0.15) is 0 Å². The van der Waals surface area contributed by atoms with Gasteiger partial charge in [0.15, 0.2) is 0 Å². The van der Waals surface area contributed by atoms with Gasteiger partial charge in [0, 0.05) is 5.92 Å². The van der Waals surface area contributed by atoms with Crippen molar-refractivity contribution < 1.29 is 23.8 Å². The molecule has 5 nitrogen and oxygen atoms in total. The molecule has 0 amide bonds. The molecule has 1 fully saturated rings. The molecule has 0 aromatic carbocycles. The zero-order valence-electron chi connectivity index (χ0n) is 6.90. The molecule has 0 saturated carbocycles. The predicted molar refractivity (Wildman–Crippen MR) is 37.4 cm³/mol. The number of methoxy groups -OCH3 is 1. The molecule has 0 radical (unpaired) electrons. The lowest BCUT2D eigenvalue weighted by atomic mass is 10.1. The minimum Gasteiger partial charge on any atom is -0.466 e. The molecule has 1 aliphatic heterocycles. The number of ether oxygens (including phenoxy) is 3. The van der Waals surface area contributed by atoms with Crippen LogP contribution >= 0.6 is 0 Å². The van der Waals surface area contributed by atoms with Crippen molar-refractivity contribution in [3.05, 3.63) is 0 Å². The van der Waals surface area contributed by atoms with Crippen molar-refractivity contribution >= 4 is 12.1 Å². The van der Waals surface area contributed by atoms with Gasteiger partial charge in [0.1, 0.15) is 6.61 Å². The fourth-order valence-corrected chi connectivity index (χ4v) is 0.937. The third-order valence-corrected chi connectivity index (χ3v) is 1.64. The zero-order valence-corrected chi connectivity index (χ0v) is 6.90. The van der Waals surface area contributed by atoms with Gasteiger partial charge < -0.3 is 14.2 Å². The molecule has 2 atom stereocenters. The highest BCUT2D eigenvalue weighted by Crippen LogP contribution is 2.16. The van der Waals surface area contributed by atoms with Crippen LogP contribution in [0.4, 0.5) is 4.79 Å². The summed E-state index contributed by atoms with van der Waals surface area (Å²) in [6.45, 7) is 1.94. The molecule has 5 heteroatoms. The van der Waals surface area contributed by atoms with E-state index in [9.17, 15) is 9.59 Å². The average molecular weight is 174 g/mol. The van der Waals surface area contributed by atoms with Crippen LogP contribution in [-0.2, 0) is 19.0 Å². The fraction of sp³-hybridized carbons (Fsp3) is 0.714. The Balaban J connectivity index is 2.60. The van der Waals surface area contributed by atoms with Crippen LogP contribution in [0.15, 0.2) is 0 Å². The molecule has 68 valence electrons. The highest BCUT2D eigenvalue weighted by molar-refractivity contribution is 5.78. The van der Waals surface area contributed by atoms with Crippen LogP contribution in [0.2, 0.25) is 0 Å². The van der Waals surface area contributed by atoms with Gasteiger partial charge in [0.05, 0.1) is 7.11 Å². The number of hydrogen-bond donors (Lipinski definition) is 0. The Hall–Kier alpha value is -1.26. The highest BCUT2D eigenvalue weighted by atomic mass is 16.7. The summed E-state index contributed by atoms with van der Waals surface area (Å²) in [5.74, 6) is -0.700. The standard InChI is InChI=1S/C7H10O5/c1-4-3-11-7(9)12-5(4)6(8)10-2/h4-5H,3H2,1-2H3. The van der Waals surface area contributed by atoms with Crippen LogP contribution < -0.4 is 0 Å². The van der Waals surface area contributed by atoms with Crippen LogP contribution in [0, 0.1) is 5.92 Å². The van der Waals surface area contributed by atoms with E-state index in [2.05, 4.69) is 14.2 Å². The van der Waals surface area contributed by atoms with E-state index in [-0.39, 0.29) is 12.5 Å². The van der Waals surface area contributed by atoms with E-state index in [1.807, 2.05) is 0 Å². The highest BCUT2D eigenvalue weighted by Gasteiger charge is 2.35. The third-order valence-electron chi connectivity index (χ3n) is 1.64. The summed E-state index contributed by atoms with van der Waals surface area (Å²) < 4.78 is 13.6. The van der Waals surface area contributed by atoms with E-state index < -0.39 is 18.2 Å². The Morgan fingerprint density at radius 3 is 2.92 bits per heavy atom. The maximum Gasteiger partial charge on any atom is 0.509 e. The average Bonchev–Trinajstić information content (AvgIpc) is 2.08. The zero-order chi connectivity index (χ0) is 9.14. The Morgan fingerprint density at radius 2 is 2.33 bits per heavy atom. The number of carbonyl (C=O) groups is 2. The first-order valence-electron chi connectivity index (χ1n) is 3.56. The van der Waals surface area contributed by atoms with Crippen LogP contribution in [0.3, 0.4) is 0 Å². The minimum atomic E-state index is -0.823. The lowest BCUT2D eigenvalue weighted by Gasteiger charge is -2.25. The Bertz CT molecular complexity index is 200. The molecule has 0 aromatic heterocycles. The van der Waals surface area contributed by atoms with Gasteiger partial charge in [-0.05, 0) is 0 Å². The van der Waals surface area contributed by atoms with Crippen molar-refractivity contribution in [2.24, 2.45) is 5.92 Å². The number of cyclic esters (lactones) is 2. The largest absolute Gasteiger partial charge is 0.509 e. The first-order chi connectivity index (χ1) is 5.65. The molecule has 1 aliphatic rings. The van der Waals surface area contributed by atoms with Crippen LogP contribution in [0.25, 0.3) is 0 Å². The number of carbonyl (C=O) groups excluding carboxylic acids is 2. The molecular weight excluding hydrogens is 164 g/mol. The van der Waals surface area contributed by atoms with E-state index in [4.69, 9.17) is 0 Å². The summed E-state index contributed by atoms with van der Waals surface area (Å²) in [6.07, 6.45) is -1.64. The van der Waals surface area contributed by atoms with Gasteiger partial charge >= 0.3 is 12.1 Å². The molecule has 0 aromatic rings. The van der Waals surface area contributed by atoms with Gasteiger partial charge in [-0.3, -0.25) is 0 Å². The van der Waals surface area contributed by atoms with Crippen LogP contribution in [0.5, 0.6) is 0 Å². The lowest BCUT2D eigenvalue weighted by molar-refractivity contribution is -0.160. The topological polar surface area (TPSA) is 61.8 Å². The monoisotopic (exact) mass is 174 g/mol. The second kappa shape index (κ2) is 3.42. The van der Waals surface area contributed by atoms with Crippen LogP contribution in [-0.4, -0.2) is 31.9 Å². The van der Waals surface area contributed by atoms with E-state index >= 15 is 0 Å². The van der Waals surface area contributed by atoms with Crippen molar-refractivity contribution in [3.8, 4) is 0 Å². The molecule has 0 aliphatic carbocycles. The summed E-state index contributed by atoms with van der Waals surface area (Å²) >= 11 is 0. The van der Waals surface area contributed by atoms with Gasteiger partial charge in [0.25, 0.3) is 0 Å². The maximum absolute atomic E-state index is 11.0. The van der Waals surface area contributed by atoms with Gasteiger partial charge in [-0.15, -0.1) is 0 Å². The molecule has 0 N–H and O–H groups in total. The summed E-state index contributed by atoms with van der Waals surface area (Å²) in [6, 6.07) is 0. The van der Waals surface area contributed by atoms with Gasteiger partial charge in [0.2, 0.25) is 6.10 Å². The lowest BCUT2D eigenvalue weighted by Crippen LogP contribution is -2.41. The molecule has 1 heterocycles. The summed E-state index contributed by atoms with van der Waals surface area (Å²) in [5.41, 5.74) is 0. The Labute approximate surface area is 69.6 Å². The smallest absolute Gasteiger partial charge is 0.466 e. The maximum atomic E-state index is 11.0. The summed E-state index contributed by atoms with van der Waals surface area (Å²) in [5, 5.41) is 0. The normalized spacial score (nSPS) is 28.7. The second-order valence-corrected chi connectivity index (χ2v) is 2.60. The van der Waals surface area contributed by atoms with E-state index in [0.717, 1.165) is 0 Å². The van der Waals surface area contributed by atoms with Crippen molar-refractivity contribution in [1.82, 2.24) is 0 Å². The Morgan fingerprint density at radius 1 is 1.67 bits per heavy atom. The van der Waals surface area contributed by atoms with Gasteiger partial charge in [-0.1, -0.05) is 6.92 Å². The Kier molecular flexibility index (Phi) is 2.52. The minimum absolute atomic E-state index is 0.157. The number of esters is 1. The molecule has 0 spiro atoms. The summed E-state index contributed by atoms with van der Waals surface area (Å²) in [4.78, 5) is 21.6. The van der Waals surface area contributed by atoms with Crippen LogP contribution in [0.1, 0.15) is 6.92 Å². The number of hydrogen-bond acceptors (Lipinski definition) is 5. The SMILES string of the molecule is COC(=O)C1OC(=O)OCC1C. The quantitative estimate of drug-likeness (QED) is 0.536. The fourth-order valence-electron chi connectivity index (χ4n) is 0.937. The molecule has 1 rings (SSSR count). The van der Waals surface area contributed by atoms with Crippen molar-refractivity contribution in [2.75, 3.05) is 13.7 Å². The summed E-state index contributed by atoms with van der Waals surface area (Å²) in [7, 11) is 1.25. The van der Waals surface area contributed by atoms with E-state index in [1.165, 1.54) is 7.11 Å². The third kappa shape index (κ3) is 1.66. The van der Waals surface area contributed by atoms with E-state index in [1.54, 1.807) is 6.92 Å². The predicted octanol–water partition coefficient (Wildman–Crippen LogP) is 0.331. The van der Waals surface area contributed by atoms with E-state index in [0.29, 0.717) is 0 Å². The molecule has 2 unspecified atom stereocenters. The van der Waals surface area contributed by atoms with Crippen molar-refractivity contribution in [2.45, 2.75) is 13.0 Å².